The number of hydrogen-bond acceptors (Lipinski definition) is 6. The molecule has 13 heteroatoms. The maximum absolute atomic E-state index is 15.7. The van der Waals surface area contributed by atoms with Crippen LogP contribution in [-0.2, 0) is 27.3 Å². The van der Waals surface area contributed by atoms with E-state index in [4.69, 9.17) is 0 Å². The Bertz CT molecular complexity index is 1430. The fraction of sp³-hybridized carbons (Fsp3) is 0.618. The first kappa shape index (κ1) is 36.1. The molecule has 3 amide bonds. The number of nitrogens with zero attached hydrogens (tertiary/aromatic N) is 4. The molecule has 1 aliphatic carbocycles. The highest BCUT2D eigenvalue weighted by atomic mass is 19.3. The number of benzene rings is 1. The SMILES string of the molecule is CCn1nccc1C(=O)N[C@H](C(=O)Cc1ccc([C@H](C)[C@@H](NC(=O)C(C)(F)F)C(=O)N2CCN(C)CC2)cc1F)C1CCC(C)CC1. The zero-order valence-corrected chi connectivity index (χ0v) is 27.9. The Balaban J connectivity index is 1.54. The molecule has 258 valence electrons. The van der Waals surface area contributed by atoms with E-state index in [9.17, 15) is 28.0 Å². The molecule has 2 aromatic rings. The second-order valence-corrected chi connectivity index (χ2v) is 13.3. The largest absolute Gasteiger partial charge is 0.341 e. The summed E-state index contributed by atoms with van der Waals surface area (Å²) in [7, 11) is 1.91. The van der Waals surface area contributed by atoms with E-state index < -0.39 is 47.5 Å². The molecule has 47 heavy (non-hydrogen) atoms. The number of piperazine rings is 1. The van der Waals surface area contributed by atoms with Gasteiger partial charge < -0.3 is 20.4 Å². The van der Waals surface area contributed by atoms with E-state index in [2.05, 4.69) is 22.7 Å². The zero-order valence-electron chi connectivity index (χ0n) is 27.9. The number of carbonyl (C=O) groups excluding carboxylic acids is 4. The van der Waals surface area contributed by atoms with Crippen molar-refractivity contribution in [1.29, 1.82) is 0 Å². The highest BCUT2D eigenvalue weighted by Crippen LogP contribution is 2.32. The number of halogens is 3. The molecule has 2 aliphatic rings. The first-order valence-electron chi connectivity index (χ1n) is 16.5. The van der Waals surface area contributed by atoms with Crippen molar-refractivity contribution in [2.45, 2.75) is 90.3 Å². The molecule has 1 aromatic heterocycles. The fourth-order valence-electron chi connectivity index (χ4n) is 6.45. The number of carbonyl (C=O) groups is 4. The van der Waals surface area contributed by atoms with Crippen molar-refractivity contribution in [3.63, 3.8) is 0 Å². The molecule has 10 nitrogen and oxygen atoms in total. The van der Waals surface area contributed by atoms with Crippen LogP contribution >= 0.6 is 0 Å². The van der Waals surface area contributed by atoms with Crippen LogP contribution in [0, 0.1) is 17.7 Å². The molecule has 1 aromatic carbocycles. The molecule has 1 aliphatic heterocycles. The van der Waals surface area contributed by atoms with E-state index in [1.165, 1.54) is 23.2 Å². The van der Waals surface area contributed by atoms with E-state index >= 15 is 4.39 Å². The van der Waals surface area contributed by atoms with Crippen molar-refractivity contribution in [2.75, 3.05) is 33.2 Å². The Hall–Kier alpha value is -3.74. The van der Waals surface area contributed by atoms with Crippen LogP contribution < -0.4 is 10.6 Å². The monoisotopic (exact) mass is 660 g/mol. The quantitative estimate of drug-likeness (QED) is 0.358. The molecule has 0 bridgehead atoms. The van der Waals surface area contributed by atoms with Gasteiger partial charge in [-0.25, -0.2) is 4.39 Å². The first-order valence-corrected chi connectivity index (χ1v) is 16.5. The van der Waals surface area contributed by atoms with Gasteiger partial charge in [-0.15, -0.1) is 0 Å². The number of likely N-dealkylation sites (N-methyl/N-ethyl adjacent to an activating group) is 1. The molecule has 1 saturated heterocycles. The number of Topliss-reactive ketones (excluding diaryl/α,β-unsaturated/α-hetero) is 1. The number of rotatable bonds is 12. The summed E-state index contributed by atoms with van der Waals surface area (Å²) in [6, 6.07) is 3.60. The van der Waals surface area contributed by atoms with E-state index in [0.717, 1.165) is 25.7 Å². The predicted molar refractivity (Wildman–Crippen MR) is 170 cm³/mol. The van der Waals surface area contributed by atoms with Gasteiger partial charge in [0.1, 0.15) is 17.6 Å². The molecule has 0 radical (unpaired) electrons. The van der Waals surface area contributed by atoms with Gasteiger partial charge in [0.15, 0.2) is 5.78 Å². The number of aryl methyl sites for hydroxylation is 1. The van der Waals surface area contributed by atoms with Crippen LogP contribution in [0.1, 0.15) is 80.9 Å². The molecule has 2 heterocycles. The van der Waals surface area contributed by atoms with Crippen molar-refractivity contribution < 1.29 is 32.3 Å². The summed E-state index contributed by atoms with van der Waals surface area (Å²) in [5.41, 5.74) is 0.761. The third-order valence-electron chi connectivity index (χ3n) is 9.65. The van der Waals surface area contributed by atoms with E-state index in [1.807, 2.05) is 18.9 Å². The minimum Gasteiger partial charge on any atom is -0.341 e. The molecule has 2 N–H and O–H groups in total. The summed E-state index contributed by atoms with van der Waals surface area (Å²) in [5.74, 6) is -7.69. The summed E-state index contributed by atoms with van der Waals surface area (Å²) in [4.78, 5) is 56.3. The Labute approximate surface area is 274 Å². The minimum atomic E-state index is -3.71. The summed E-state index contributed by atoms with van der Waals surface area (Å²) < 4.78 is 45.0. The normalized spacial score (nSPS) is 21.1. The molecular formula is C34H47F3N6O4. The van der Waals surface area contributed by atoms with Crippen LogP contribution in [0.3, 0.4) is 0 Å². The number of alkyl halides is 2. The van der Waals surface area contributed by atoms with Gasteiger partial charge in [-0.05, 0) is 61.9 Å². The second kappa shape index (κ2) is 15.4. The predicted octanol–water partition coefficient (Wildman–Crippen LogP) is 3.80. The third-order valence-corrected chi connectivity index (χ3v) is 9.65. The van der Waals surface area contributed by atoms with Crippen LogP contribution in [0.2, 0.25) is 0 Å². The smallest absolute Gasteiger partial charge is 0.321 e. The number of ketones is 1. The van der Waals surface area contributed by atoms with Gasteiger partial charge in [-0.1, -0.05) is 38.8 Å². The topological polar surface area (TPSA) is 117 Å². The first-order chi connectivity index (χ1) is 22.2. The summed E-state index contributed by atoms with van der Waals surface area (Å²) in [6.45, 7) is 8.44. The molecule has 1 saturated carbocycles. The number of nitrogens with one attached hydrogen (secondary N) is 2. The third kappa shape index (κ3) is 9.00. The van der Waals surface area contributed by atoms with Gasteiger partial charge in [0.25, 0.3) is 11.8 Å². The summed E-state index contributed by atoms with van der Waals surface area (Å²) in [6.07, 6.45) is 4.62. The standard InChI is InChI=1S/C34H47F3N6O4/c1-6-43-27(13-14-38-43)31(45)39-30(23-9-7-21(2)8-10-23)28(44)20-25-12-11-24(19-26(25)35)22(3)29(40-33(47)34(4,36)37)32(46)42-17-15-41(5)16-18-42/h11-14,19,21-23,29-30H,6-10,15-18,20H2,1-5H3,(H,39,45)(H,40,47)/t21?,22-,23?,29+,30-/m0/s1. The summed E-state index contributed by atoms with van der Waals surface area (Å²) in [5, 5.41) is 9.27. The zero-order chi connectivity index (χ0) is 34.5. The average molecular weight is 661 g/mol. The van der Waals surface area contributed by atoms with Crippen LogP contribution in [-0.4, -0.2) is 94.3 Å². The van der Waals surface area contributed by atoms with Gasteiger partial charge in [0.2, 0.25) is 5.91 Å². The van der Waals surface area contributed by atoms with Crippen LogP contribution in [0.4, 0.5) is 13.2 Å². The molecular weight excluding hydrogens is 613 g/mol. The van der Waals surface area contributed by atoms with E-state index in [1.54, 1.807) is 23.7 Å². The Kier molecular flexibility index (Phi) is 11.9. The van der Waals surface area contributed by atoms with Crippen LogP contribution in [0.15, 0.2) is 30.5 Å². The lowest BCUT2D eigenvalue weighted by Crippen LogP contribution is -2.57. The molecule has 3 atom stereocenters. The molecule has 0 unspecified atom stereocenters. The maximum atomic E-state index is 15.7. The van der Waals surface area contributed by atoms with Gasteiger partial charge in [0, 0.05) is 58.2 Å². The highest BCUT2D eigenvalue weighted by Gasteiger charge is 2.40. The Morgan fingerprint density at radius 1 is 1.02 bits per heavy atom. The van der Waals surface area contributed by atoms with Crippen molar-refractivity contribution in [1.82, 2.24) is 30.2 Å². The average Bonchev–Trinajstić information content (AvgIpc) is 3.52. The van der Waals surface area contributed by atoms with Crippen molar-refractivity contribution in [3.05, 3.63) is 53.1 Å². The van der Waals surface area contributed by atoms with Crippen molar-refractivity contribution in [3.8, 4) is 0 Å². The van der Waals surface area contributed by atoms with Gasteiger partial charge in [-0.3, -0.25) is 23.9 Å². The van der Waals surface area contributed by atoms with Crippen LogP contribution in [0.25, 0.3) is 0 Å². The fourth-order valence-corrected chi connectivity index (χ4v) is 6.45. The lowest BCUT2D eigenvalue weighted by Gasteiger charge is -2.36. The van der Waals surface area contributed by atoms with Crippen LogP contribution in [0.5, 0.6) is 0 Å². The Morgan fingerprint density at radius 3 is 2.28 bits per heavy atom. The number of hydrogen-bond donors (Lipinski definition) is 2. The van der Waals surface area contributed by atoms with Crippen molar-refractivity contribution in [2.24, 2.45) is 11.8 Å². The maximum Gasteiger partial charge on any atom is 0.321 e. The number of amides is 3. The van der Waals surface area contributed by atoms with Gasteiger partial charge in [0.05, 0.1) is 6.04 Å². The van der Waals surface area contributed by atoms with E-state index in [-0.39, 0.29) is 23.7 Å². The van der Waals surface area contributed by atoms with Gasteiger partial charge in [-0.2, -0.15) is 13.9 Å². The Morgan fingerprint density at radius 2 is 1.68 bits per heavy atom. The lowest BCUT2D eigenvalue weighted by atomic mass is 9.77. The molecule has 4 rings (SSSR count). The second-order valence-electron chi connectivity index (χ2n) is 13.3. The highest BCUT2D eigenvalue weighted by molar-refractivity contribution is 5.97. The van der Waals surface area contributed by atoms with Gasteiger partial charge >= 0.3 is 5.92 Å². The minimum absolute atomic E-state index is 0.0929. The van der Waals surface area contributed by atoms with Crippen molar-refractivity contribution >= 4 is 23.5 Å². The number of aromatic nitrogens is 2. The molecule has 0 spiro atoms. The van der Waals surface area contributed by atoms with E-state index in [0.29, 0.717) is 56.8 Å². The molecule has 2 fully saturated rings. The summed E-state index contributed by atoms with van der Waals surface area (Å²) >= 11 is 0. The lowest BCUT2D eigenvalue weighted by molar-refractivity contribution is -0.148.